The second-order valence-electron chi connectivity index (χ2n) is 5.75. The first-order valence-electron chi connectivity index (χ1n) is 7.58. The van der Waals surface area contributed by atoms with Crippen molar-refractivity contribution in [1.29, 1.82) is 0 Å². The number of piperidine rings is 1. The van der Waals surface area contributed by atoms with Gasteiger partial charge in [0.05, 0.1) is 11.0 Å². The number of hydrogen-bond acceptors (Lipinski definition) is 3. The molecule has 0 bridgehead atoms. The van der Waals surface area contributed by atoms with E-state index in [4.69, 9.17) is 0 Å². The lowest BCUT2D eigenvalue weighted by atomic mass is 9.93. The summed E-state index contributed by atoms with van der Waals surface area (Å²) in [5.41, 5.74) is -0.291. The molecule has 1 aliphatic carbocycles. The molecular weight excluding hydrogens is 286 g/mol. The van der Waals surface area contributed by atoms with E-state index in [1.165, 1.54) is 4.31 Å². The molecule has 5 heteroatoms. The van der Waals surface area contributed by atoms with Crippen molar-refractivity contribution in [2.24, 2.45) is 5.41 Å². The lowest BCUT2D eigenvalue weighted by Gasteiger charge is -2.30. The van der Waals surface area contributed by atoms with Gasteiger partial charge in [0.15, 0.2) is 0 Å². The highest BCUT2D eigenvalue weighted by Gasteiger charge is 2.31. The monoisotopic (exact) mass is 313 g/mol. The average molecular weight is 313 g/mol. The first kappa shape index (κ1) is 18.1. The Kier molecular flexibility index (Phi) is 6.38. The summed E-state index contributed by atoms with van der Waals surface area (Å²) in [6.07, 6.45) is 9.81. The van der Waals surface area contributed by atoms with E-state index in [9.17, 15) is 13.5 Å². The maximum absolute atomic E-state index is 12.6. The van der Waals surface area contributed by atoms with E-state index in [1.54, 1.807) is 18.2 Å². The molecule has 4 nitrogen and oxygen atoms in total. The van der Waals surface area contributed by atoms with E-state index in [0.29, 0.717) is 24.3 Å². The molecule has 0 aromatic heterocycles. The predicted octanol–water partition coefficient (Wildman–Crippen LogP) is 2.84. The zero-order valence-electron chi connectivity index (χ0n) is 13.4. The molecule has 0 saturated carbocycles. The van der Waals surface area contributed by atoms with Crippen LogP contribution < -0.4 is 0 Å². The highest BCUT2D eigenvalue weighted by molar-refractivity contribution is 7.93. The van der Waals surface area contributed by atoms with Crippen molar-refractivity contribution in [2.75, 3.05) is 13.1 Å². The highest BCUT2D eigenvalue weighted by atomic mass is 32.2. The zero-order chi connectivity index (χ0) is 16.1. The van der Waals surface area contributed by atoms with Gasteiger partial charge in [0, 0.05) is 18.5 Å². The maximum Gasteiger partial charge on any atom is 0.242 e. The third-order valence-corrected chi connectivity index (χ3v) is 5.27. The Morgan fingerprint density at radius 2 is 1.95 bits per heavy atom. The van der Waals surface area contributed by atoms with Crippen LogP contribution in [0.5, 0.6) is 0 Å². The molecule has 21 heavy (non-hydrogen) atoms. The third kappa shape index (κ3) is 4.80. The summed E-state index contributed by atoms with van der Waals surface area (Å²) in [6, 6.07) is 0. The smallest absolute Gasteiger partial charge is 0.242 e. The number of allylic oxidation sites excluding steroid dienone is 5. The average Bonchev–Trinajstić information content (AvgIpc) is 2.62. The second kappa shape index (κ2) is 7.38. The quantitative estimate of drug-likeness (QED) is 0.853. The minimum absolute atomic E-state index is 0.196. The number of hydrogen-bond donors (Lipinski definition) is 1. The summed E-state index contributed by atoms with van der Waals surface area (Å²) in [7, 11) is -3.50. The van der Waals surface area contributed by atoms with E-state index >= 15 is 0 Å². The normalized spacial score (nSPS) is 25.6. The number of β-amino-alcohol motifs (C(OH)–C–C–N with tert-alkyl or cyclic N) is 1. The van der Waals surface area contributed by atoms with Gasteiger partial charge in [-0.1, -0.05) is 52.0 Å². The summed E-state index contributed by atoms with van der Waals surface area (Å²) in [4.78, 5) is 0.316. The molecule has 0 aromatic rings. The van der Waals surface area contributed by atoms with Crippen molar-refractivity contribution in [3.8, 4) is 0 Å². The fourth-order valence-corrected chi connectivity index (χ4v) is 4.10. The molecule has 1 heterocycles. The SMILES string of the molecule is CC.CC1(C)C=CC=CC(S(=O)(=O)N2CCCC(O)C2)=C1. The van der Waals surface area contributed by atoms with Gasteiger partial charge < -0.3 is 5.11 Å². The van der Waals surface area contributed by atoms with Crippen LogP contribution in [0.25, 0.3) is 0 Å². The van der Waals surface area contributed by atoms with Gasteiger partial charge >= 0.3 is 0 Å². The zero-order valence-corrected chi connectivity index (χ0v) is 14.2. The molecule has 0 aromatic carbocycles. The van der Waals surface area contributed by atoms with Crippen molar-refractivity contribution < 1.29 is 13.5 Å². The Bertz CT molecular complexity index is 530. The Morgan fingerprint density at radius 3 is 2.57 bits per heavy atom. The molecule has 0 spiro atoms. The van der Waals surface area contributed by atoms with Crippen molar-refractivity contribution >= 4 is 10.0 Å². The number of aliphatic hydroxyl groups is 1. The molecule has 0 radical (unpaired) electrons. The Hall–Kier alpha value is -0.910. The molecule has 1 saturated heterocycles. The number of nitrogens with zero attached hydrogens (tertiary/aromatic N) is 1. The lowest BCUT2D eigenvalue weighted by molar-refractivity contribution is 0.108. The van der Waals surface area contributed by atoms with Crippen LogP contribution in [0.15, 0.2) is 35.3 Å². The molecule has 0 amide bonds. The Balaban J connectivity index is 0.00000106. The largest absolute Gasteiger partial charge is 0.392 e. The van der Waals surface area contributed by atoms with Crippen LogP contribution in [0.4, 0.5) is 0 Å². The number of rotatable bonds is 2. The molecule has 1 N–H and O–H groups in total. The van der Waals surface area contributed by atoms with Gasteiger partial charge in [0.2, 0.25) is 10.0 Å². The van der Waals surface area contributed by atoms with Gasteiger partial charge in [-0.15, -0.1) is 0 Å². The lowest BCUT2D eigenvalue weighted by Crippen LogP contribution is -2.42. The number of sulfonamides is 1. The van der Waals surface area contributed by atoms with E-state index in [0.717, 1.165) is 0 Å². The molecular formula is C16H27NO3S. The molecule has 120 valence electrons. The first-order chi connectivity index (χ1) is 9.81. The van der Waals surface area contributed by atoms with Crippen molar-refractivity contribution in [2.45, 2.75) is 46.6 Å². The topological polar surface area (TPSA) is 57.6 Å². The fourth-order valence-electron chi connectivity index (χ4n) is 2.37. The van der Waals surface area contributed by atoms with Crippen LogP contribution in [-0.4, -0.2) is 37.0 Å². The Labute approximate surface area is 128 Å². The first-order valence-corrected chi connectivity index (χ1v) is 9.02. The van der Waals surface area contributed by atoms with E-state index in [2.05, 4.69) is 0 Å². The van der Waals surface area contributed by atoms with Gasteiger partial charge in [0.1, 0.15) is 0 Å². The molecule has 1 aliphatic heterocycles. The van der Waals surface area contributed by atoms with Gasteiger partial charge in [-0.3, -0.25) is 0 Å². The van der Waals surface area contributed by atoms with Crippen molar-refractivity contribution in [3.63, 3.8) is 0 Å². The molecule has 2 rings (SSSR count). The van der Waals surface area contributed by atoms with Crippen LogP contribution in [0.1, 0.15) is 40.5 Å². The summed E-state index contributed by atoms with van der Waals surface area (Å²) in [6.45, 7) is 8.62. The summed E-state index contributed by atoms with van der Waals surface area (Å²) >= 11 is 0. The number of aliphatic hydroxyl groups excluding tert-OH is 1. The minimum atomic E-state index is -3.50. The van der Waals surface area contributed by atoms with Gasteiger partial charge in [-0.2, -0.15) is 4.31 Å². The van der Waals surface area contributed by atoms with Crippen LogP contribution in [0, 0.1) is 5.41 Å². The van der Waals surface area contributed by atoms with Gasteiger partial charge in [0.25, 0.3) is 0 Å². The highest BCUT2D eigenvalue weighted by Crippen LogP contribution is 2.29. The van der Waals surface area contributed by atoms with E-state index in [-0.39, 0.29) is 12.0 Å². The van der Waals surface area contributed by atoms with E-state index in [1.807, 2.05) is 39.8 Å². The standard InChI is InChI=1S/C14H21NO3S.C2H6/c1-14(2)8-4-3-7-13(10-14)19(17,18)15-9-5-6-12(16)11-15;1-2/h3-4,7-8,10,12,16H,5-6,9,11H2,1-2H3;1-2H3. The maximum atomic E-state index is 12.6. The fraction of sp³-hybridized carbons (Fsp3) is 0.625. The minimum Gasteiger partial charge on any atom is -0.392 e. The van der Waals surface area contributed by atoms with Crippen molar-refractivity contribution in [3.05, 3.63) is 35.3 Å². The molecule has 1 fully saturated rings. The summed E-state index contributed by atoms with van der Waals surface area (Å²) in [5, 5.41) is 9.64. The van der Waals surface area contributed by atoms with Crippen LogP contribution in [0.3, 0.4) is 0 Å². The van der Waals surface area contributed by atoms with Crippen LogP contribution >= 0.6 is 0 Å². The Morgan fingerprint density at radius 1 is 1.29 bits per heavy atom. The molecule has 1 unspecified atom stereocenters. The summed E-state index contributed by atoms with van der Waals surface area (Å²) in [5.74, 6) is 0. The summed E-state index contributed by atoms with van der Waals surface area (Å²) < 4.78 is 26.6. The second-order valence-corrected chi connectivity index (χ2v) is 7.68. The third-order valence-electron chi connectivity index (χ3n) is 3.41. The van der Waals surface area contributed by atoms with Gasteiger partial charge in [-0.25, -0.2) is 8.42 Å². The van der Waals surface area contributed by atoms with Crippen molar-refractivity contribution in [1.82, 2.24) is 4.31 Å². The molecule has 2 aliphatic rings. The van der Waals surface area contributed by atoms with Crippen LogP contribution in [0.2, 0.25) is 0 Å². The van der Waals surface area contributed by atoms with Crippen LogP contribution in [-0.2, 0) is 10.0 Å². The predicted molar refractivity (Wildman–Crippen MR) is 87.2 cm³/mol. The van der Waals surface area contributed by atoms with E-state index < -0.39 is 16.1 Å². The molecule has 1 atom stereocenters. The van der Waals surface area contributed by atoms with Gasteiger partial charge in [-0.05, 0) is 18.9 Å².